The third-order valence-electron chi connectivity index (χ3n) is 3.92. The minimum Gasteiger partial charge on any atom is -0.508 e. The number of phenolic OH excluding ortho intramolecular Hbond substituents is 1. The molecular formula is C16H25NO2. The van der Waals surface area contributed by atoms with Gasteiger partial charge in [0.05, 0.1) is 0 Å². The molecule has 0 heterocycles. The van der Waals surface area contributed by atoms with Gasteiger partial charge < -0.3 is 15.5 Å². The minimum absolute atomic E-state index is 0.312. The van der Waals surface area contributed by atoms with Crippen molar-refractivity contribution >= 4 is 0 Å². The molecular weight excluding hydrogens is 238 g/mol. The van der Waals surface area contributed by atoms with Crippen LogP contribution in [0.2, 0.25) is 0 Å². The highest BCUT2D eigenvalue weighted by Gasteiger charge is 2.19. The summed E-state index contributed by atoms with van der Waals surface area (Å²) in [5, 5.41) is 21.9. The van der Waals surface area contributed by atoms with Crippen LogP contribution in [0.3, 0.4) is 0 Å². The summed E-state index contributed by atoms with van der Waals surface area (Å²) in [6.45, 7) is 1.35. The second-order valence-corrected chi connectivity index (χ2v) is 5.42. The zero-order valence-electron chi connectivity index (χ0n) is 11.6. The monoisotopic (exact) mass is 263 g/mol. The van der Waals surface area contributed by atoms with E-state index in [0.717, 1.165) is 25.8 Å². The van der Waals surface area contributed by atoms with Crippen LogP contribution < -0.4 is 5.32 Å². The number of hydrogen-bond donors (Lipinski definition) is 3. The van der Waals surface area contributed by atoms with Crippen molar-refractivity contribution in [2.24, 2.45) is 0 Å². The minimum atomic E-state index is 0.312. The third-order valence-corrected chi connectivity index (χ3v) is 3.92. The number of aryl methyl sites for hydroxylation is 1. The van der Waals surface area contributed by atoms with Crippen molar-refractivity contribution in [1.82, 2.24) is 5.32 Å². The maximum absolute atomic E-state index is 9.53. The number of benzene rings is 1. The first-order valence-electron chi connectivity index (χ1n) is 7.47. The Morgan fingerprint density at radius 1 is 1.16 bits per heavy atom. The number of nitrogens with one attached hydrogen (secondary N) is 1. The molecule has 0 aromatic heterocycles. The van der Waals surface area contributed by atoms with Crippen molar-refractivity contribution in [1.29, 1.82) is 0 Å². The average Bonchev–Trinajstić information content (AvgIpc) is 2.42. The van der Waals surface area contributed by atoms with E-state index in [0.29, 0.717) is 18.4 Å². The molecule has 1 aliphatic rings. The van der Waals surface area contributed by atoms with Crippen LogP contribution in [-0.2, 0) is 6.42 Å². The lowest BCUT2D eigenvalue weighted by Crippen LogP contribution is -2.26. The topological polar surface area (TPSA) is 52.5 Å². The predicted molar refractivity (Wildman–Crippen MR) is 77.3 cm³/mol. The molecule has 1 atom stereocenters. The van der Waals surface area contributed by atoms with Crippen LogP contribution in [0.4, 0.5) is 0 Å². The van der Waals surface area contributed by atoms with E-state index in [1.165, 1.54) is 36.8 Å². The summed E-state index contributed by atoms with van der Waals surface area (Å²) in [6, 6.07) is 6.21. The van der Waals surface area contributed by atoms with E-state index < -0.39 is 0 Å². The van der Waals surface area contributed by atoms with Gasteiger partial charge in [-0.05, 0) is 61.9 Å². The highest BCUT2D eigenvalue weighted by atomic mass is 16.3. The molecule has 3 heteroatoms. The molecule has 0 bridgehead atoms. The van der Waals surface area contributed by atoms with Crippen molar-refractivity contribution in [3.63, 3.8) is 0 Å². The number of aliphatic hydroxyl groups excluding tert-OH is 1. The van der Waals surface area contributed by atoms with Gasteiger partial charge >= 0.3 is 0 Å². The van der Waals surface area contributed by atoms with Gasteiger partial charge in [0.15, 0.2) is 0 Å². The zero-order valence-corrected chi connectivity index (χ0v) is 11.6. The van der Waals surface area contributed by atoms with Crippen LogP contribution in [-0.4, -0.2) is 23.4 Å². The summed E-state index contributed by atoms with van der Waals surface area (Å²) in [5.41, 5.74) is 2.66. The zero-order chi connectivity index (χ0) is 13.5. The molecule has 0 radical (unpaired) electrons. The Hall–Kier alpha value is -1.06. The maximum Gasteiger partial charge on any atom is 0.115 e. The van der Waals surface area contributed by atoms with E-state index in [9.17, 15) is 5.11 Å². The second-order valence-electron chi connectivity index (χ2n) is 5.42. The molecule has 106 valence electrons. The molecule has 0 saturated carbocycles. The lowest BCUT2D eigenvalue weighted by atomic mass is 9.87. The van der Waals surface area contributed by atoms with Crippen LogP contribution in [0.25, 0.3) is 0 Å². The molecule has 1 aromatic carbocycles. The van der Waals surface area contributed by atoms with Crippen LogP contribution in [0.5, 0.6) is 5.75 Å². The number of hydrogen-bond acceptors (Lipinski definition) is 3. The van der Waals surface area contributed by atoms with Crippen LogP contribution in [0, 0.1) is 0 Å². The number of phenols is 1. The fourth-order valence-electron chi connectivity index (χ4n) is 2.88. The fourth-order valence-corrected chi connectivity index (χ4v) is 2.88. The Balaban J connectivity index is 1.79. The standard InChI is InChI=1S/C16H25NO2/c18-11-4-2-1-3-10-17-16-7-5-6-13-12-14(19)8-9-15(13)16/h8-9,12,16-19H,1-7,10-11H2. The van der Waals surface area contributed by atoms with Gasteiger partial charge in [-0.15, -0.1) is 0 Å². The Morgan fingerprint density at radius 3 is 2.84 bits per heavy atom. The Labute approximate surface area is 115 Å². The van der Waals surface area contributed by atoms with Crippen LogP contribution >= 0.6 is 0 Å². The summed E-state index contributed by atoms with van der Waals surface area (Å²) >= 11 is 0. The number of rotatable bonds is 7. The third kappa shape index (κ3) is 4.22. The van der Waals surface area contributed by atoms with Gasteiger partial charge in [0.25, 0.3) is 0 Å². The van der Waals surface area contributed by atoms with Gasteiger partial charge in [-0.1, -0.05) is 18.9 Å². The van der Waals surface area contributed by atoms with Crippen molar-refractivity contribution in [3.8, 4) is 5.75 Å². The van der Waals surface area contributed by atoms with Gasteiger partial charge in [0, 0.05) is 12.6 Å². The van der Waals surface area contributed by atoms with E-state index >= 15 is 0 Å². The number of fused-ring (bicyclic) bond motifs is 1. The maximum atomic E-state index is 9.53. The van der Waals surface area contributed by atoms with Crippen LogP contribution in [0.15, 0.2) is 18.2 Å². The molecule has 0 aliphatic heterocycles. The molecule has 0 amide bonds. The van der Waals surface area contributed by atoms with Crippen molar-refractivity contribution in [2.75, 3.05) is 13.2 Å². The summed E-state index contributed by atoms with van der Waals surface area (Å²) < 4.78 is 0. The first kappa shape index (κ1) is 14.4. The van der Waals surface area contributed by atoms with Gasteiger partial charge in [-0.3, -0.25) is 0 Å². The molecule has 1 aromatic rings. The quantitative estimate of drug-likeness (QED) is 0.663. The predicted octanol–water partition coefficient (Wildman–Crippen LogP) is 2.91. The second kappa shape index (κ2) is 7.51. The highest BCUT2D eigenvalue weighted by molar-refractivity contribution is 5.38. The van der Waals surface area contributed by atoms with Gasteiger partial charge in [-0.2, -0.15) is 0 Å². The van der Waals surface area contributed by atoms with Gasteiger partial charge in [0.1, 0.15) is 5.75 Å². The van der Waals surface area contributed by atoms with E-state index in [1.54, 1.807) is 6.07 Å². The Bertz CT molecular complexity index is 392. The van der Waals surface area contributed by atoms with Crippen molar-refractivity contribution in [3.05, 3.63) is 29.3 Å². The van der Waals surface area contributed by atoms with E-state index in [2.05, 4.69) is 11.4 Å². The average molecular weight is 263 g/mol. The SMILES string of the molecule is OCCCCCCNC1CCCc2cc(O)ccc21. The van der Waals surface area contributed by atoms with Gasteiger partial charge in [0.2, 0.25) is 0 Å². The van der Waals surface area contributed by atoms with Crippen LogP contribution in [0.1, 0.15) is 55.7 Å². The molecule has 0 spiro atoms. The molecule has 0 saturated heterocycles. The normalized spacial score (nSPS) is 18.3. The summed E-state index contributed by atoms with van der Waals surface area (Å²) in [6.07, 6.45) is 7.86. The Morgan fingerprint density at radius 2 is 2.00 bits per heavy atom. The fraction of sp³-hybridized carbons (Fsp3) is 0.625. The Kier molecular flexibility index (Phi) is 5.67. The molecule has 3 nitrogen and oxygen atoms in total. The molecule has 1 unspecified atom stereocenters. The lowest BCUT2D eigenvalue weighted by Gasteiger charge is -2.26. The summed E-state index contributed by atoms with van der Waals surface area (Å²) in [7, 11) is 0. The summed E-state index contributed by atoms with van der Waals surface area (Å²) in [4.78, 5) is 0. The summed E-state index contributed by atoms with van der Waals surface area (Å²) in [5.74, 6) is 0.378. The van der Waals surface area contributed by atoms with E-state index in [-0.39, 0.29) is 0 Å². The number of unbranched alkanes of at least 4 members (excludes halogenated alkanes) is 3. The molecule has 19 heavy (non-hydrogen) atoms. The van der Waals surface area contributed by atoms with E-state index in [4.69, 9.17) is 5.11 Å². The first-order chi connectivity index (χ1) is 9.31. The highest BCUT2D eigenvalue weighted by Crippen LogP contribution is 2.31. The van der Waals surface area contributed by atoms with Gasteiger partial charge in [-0.25, -0.2) is 0 Å². The molecule has 0 fully saturated rings. The van der Waals surface area contributed by atoms with Crippen molar-refractivity contribution < 1.29 is 10.2 Å². The first-order valence-corrected chi connectivity index (χ1v) is 7.47. The van der Waals surface area contributed by atoms with E-state index in [1.807, 2.05) is 6.07 Å². The van der Waals surface area contributed by atoms with Crippen molar-refractivity contribution in [2.45, 2.75) is 51.0 Å². The smallest absolute Gasteiger partial charge is 0.115 e. The molecule has 2 rings (SSSR count). The molecule has 3 N–H and O–H groups in total. The number of aliphatic hydroxyl groups is 1. The lowest BCUT2D eigenvalue weighted by molar-refractivity contribution is 0.282. The number of aromatic hydroxyl groups is 1. The molecule has 1 aliphatic carbocycles. The largest absolute Gasteiger partial charge is 0.508 e.